The summed E-state index contributed by atoms with van der Waals surface area (Å²) < 4.78 is 13.1. The van der Waals surface area contributed by atoms with Gasteiger partial charge in [0, 0.05) is 15.6 Å². The van der Waals surface area contributed by atoms with Crippen LogP contribution in [0.5, 0.6) is 0 Å². The minimum absolute atomic E-state index is 0.273. The lowest BCUT2D eigenvalue weighted by Gasteiger charge is -2.15. The van der Waals surface area contributed by atoms with Crippen LogP contribution < -0.4 is 11.5 Å². The molecule has 1 heterocycles. The van der Waals surface area contributed by atoms with Crippen molar-refractivity contribution in [2.45, 2.75) is 15.8 Å². The number of hydrogen-bond acceptors (Lipinski definition) is 5. The van der Waals surface area contributed by atoms with Crippen LogP contribution in [0.4, 0.5) is 10.1 Å². The zero-order valence-corrected chi connectivity index (χ0v) is 16.0. The first-order valence-electron chi connectivity index (χ1n) is 7.66. The van der Waals surface area contributed by atoms with Crippen LogP contribution in [0, 0.1) is 5.82 Å². The minimum atomic E-state index is -0.862. The fraction of sp³-hybridized carbons (Fsp3) is 0.0556. The molecule has 0 spiro atoms. The van der Waals surface area contributed by atoms with Gasteiger partial charge in [0.15, 0.2) is 0 Å². The number of nitrogen functional groups attached to an aromatic ring is 1. The third-order valence-electron chi connectivity index (χ3n) is 3.68. The van der Waals surface area contributed by atoms with E-state index in [0.717, 1.165) is 0 Å². The Hall–Kier alpha value is -2.35. The van der Waals surface area contributed by atoms with E-state index >= 15 is 0 Å². The molecule has 3 aromatic rings. The van der Waals surface area contributed by atoms with Gasteiger partial charge in [0.1, 0.15) is 16.8 Å². The van der Waals surface area contributed by atoms with E-state index in [2.05, 4.69) is 10.2 Å². The van der Waals surface area contributed by atoms with Crippen LogP contribution in [0.2, 0.25) is 10.0 Å². The number of nitrogens with two attached hydrogens (primary N) is 2. The molecule has 4 N–H and O–H groups in total. The van der Waals surface area contributed by atoms with Crippen molar-refractivity contribution in [3.05, 3.63) is 75.7 Å². The summed E-state index contributed by atoms with van der Waals surface area (Å²) in [7, 11) is 0. The number of carbonyl (C=O) groups excluding carboxylic acids is 1. The lowest BCUT2D eigenvalue weighted by atomic mass is 9.94. The topological polar surface area (TPSA) is 94.9 Å². The number of hydrogen-bond donors (Lipinski definition) is 2. The Balaban J connectivity index is 1.89. The first kappa shape index (κ1) is 19.4. The van der Waals surface area contributed by atoms with E-state index in [1.807, 2.05) is 0 Å². The second-order valence-electron chi connectivity index (χ2n) is 5.59. The highest BCUT2D eigenvalue weighted by molar-refractivity contribution is 7.99. The maximum atomic E-state index is 13.1. The number of benzene rings is 2. The van der Waals surface area contributed by atoms with Crippen molar-refractivity contribution >= 4 is 46.6 Å². The summed E-state index contributed by atoms with van der Waals surface area (Å²) >= 11 is 13.4. The van der Waals surface area contributed by atoms with Crippen molar-refractivity contribution < 1.29 is 9.18 Å². The summed E-state index contributed by atoms with van der Waals surface area (Å²) in [6, 6.07) is 12.2. The Bertz CT molecular complexity index is 1000. The lowest BCUT2D eigenvalue weighted by molar-refractivity contribution is -0.118. The summed E-state index contributed by atoms with van der Waals surface area (Å²) in [6.07, 6.45) is 0. The van der Waals surface area contributed by atoms with Crippen molar-refractivity contribution in [3.63, 3.8) is 0 Å². The zero-order valence-electron chi connectivity index (χ0n) is 13.7. The number of anilines is 1. The number of primary amides is 1. The van der Waals surface area contributed by atoms with E-state index in [9.17, 15) is 9.18 Å². The molecule has 0 bridgehead atoms. The molecule has 9 heteroatoms. The molecule has 0 fully saturated rings. The standard InChI is InChI=1S/C18H13Cl2FN4OS/c19-12-8-10(22)2-3-11(12)17(18(23)26)14-4-6-16(25-24-14)27-15-5-1-9(21)7-13(15)20/h1-8,17H,22H2,(H2,23,26). The van der Waals surface area contributed by atoms with Crippen molar-refractivity contribution in [1.29, 1.82) is 0 Å². The Morgan fingerprint density at radius 1 is 1.04 bits per heavy atom. The maximum Gasteiger partial charge on any atom is 0.231 e. The number of halogens is 3. The SMILES string of the molecule is NC(=O)C(c1ccc(Sc2ccc(F)cc2Cl)nn1)c1ccc(N)cc1Cl. The molecule has 138 valence electrons. The number of carbonyl (C=O) groups is 1. The Kier molecular flexibility index (Phi) is 5.84. The van der Waals surface area contributed by atoms with E-state index < -0.39 is 17.6 Å². The van der Waals surface area contributed by atoms with Gasteiger partial charge in [-0.15, -0.1) is 5.10 Å². The van der Waals surface area contributed by atoms with E-state index in [-0.39, 0.29) is 5.02 Å². The summed E-state index contributed by atoms with van der Waals surface area (Å²) in [5, 5.41) is 9.32. The average molecular weight is 423 g/mol. The van der Waals surface area contributed by atoms with Gasteiger partial charge in [0.2, 0.25) is 5.91 Å². The third-order valence-corrected chi connectivity index (χ3v) is 5.44. The Morgan fingerprint density at radius 3 is 2.41 bits per heavy atom. The van der Waals surface area contributed by atoms with Crippen molar-refractivity contribution in [3.8, 4) is 0 Å². The molecule has 2 aromatic carbocycles. The van der Waals surface area contributed by atoms with Gasteiger partial charge in [0.05, 0.1) is 10.7 Å². The first-order valence-corrected chi connectivity index (χ1v) is 9.23. The van der Waals surface area contributed by atoms with Gasteiger partial charge >= 0.3 is 0 Å². The first-order chi connectivity index (χ1) is 12.8. The van der Waals surface area contributed by atoms with Gasteiger partial charge in [-0.05, 0) is 48.0 Å². The van der Waals surface area contributed by atoms with Gasteiger partial charge in [-0.1, -0.05) is 41.0 Å². The Morgan fingerprint density at radius 2 is 1.81 bits per heavy atom. The van der Waals surface area contributed by atoms with Crippen LogP contribution in [0.15, 0.2) is 58.5 Å². The van der Waals surface area contributed by atoms with Crippen molar-refractivity contribution in [2.24, 2.45) is 5.73 Å². The second kappa shape index (κ2) is 8.12. The molecule has 3 rings (SSSR count). The van der Waals surface area contributed by atoms with Gasteiger partial charge in [0.25, 0.3) is 0 Å². The van der Waals surface area contributed by atoms with Gasteiger partial charge in [-0.2, -0.15) is 5.10 Å². The highest BCUT2D eigenvalue weighted by atomic mass is 35.5. The number of rotatable bonds is 5. The smallest absolute Gasteiger partial charge is 0.231 e. The fourth-order valence-corrected chi connectivity index (χ4v) is 3.76. The molecule has 1 atom stereocenters. The molecule has 0 saturated heterocycles. The molecule has 0 saturated carbocycles. The monoisotopic (exact) mass is 422 g/mol. The maximum absolute atomic E-state index is 13.1. The fourth-order valence-electron chi connectivity index (χ4n) is 2.45. The molecule has 5 nitrogen and oxygen atoms in total. The summed E-state index contributed by atoms with van der Waals surface area (Å²) in [5.74, 6) is -1.90. The number of nitrogens with zero attached hydrogens (tertiary/aromatic N) is 2. The van der Waals surface area contributed by atoms with Crippen LogP contribution >= 0.6 is 35.0 Å². The third kappa shape index (κ3) is 4.50. The van der Waals surface area contributed by atoms with E-state index in [1.54, 1.807) is 36.4 Å². The van der Waals surface area contributed by atoms with Crippen LogP contribution in [0.3, 0.4) is 0 Å². The molecule has 0 radical (unpaired) electrons. The molecule has 0 aliphatic rings. The van der Waals surface area contributed by atoms with Crippen LogP contribution in [-0.2, 0) is 4.79 Å². The molecule has 0 aliphatic carbocycles. The number of amides is 1. The quantitative estimate of drug-likeness (QED) is 0.598. The van der Waals surface area contributed by atoms with Crippen LogP contribution in [-0.4, -0.2) is 16.1 Å². The van der Waals surface area contributed by atoms with Gasteiger partial charge in [-0.3, -0.25) is 4.79 Å². The Labute approximate surface area is 168 Å². The summed E-state index contributed by atoms with van der Waals surface area (Å²) in [6.45, 7) is 0. The molecule has 1 amide bonds. The molecule has 0 aliphatic heterocycles. The highest BCUT2D eigenvalue weighted by Gasteiger charge is 2.24. The van der Waals surface area contributed by atoms with Gasteiger partial charge in [-0.25, -0.2) is 4.39 Å². The average Bonchev–Trinajstić information content (AvgIpc) is 2.60. The zero-order chi connectivity index (χ0) is 19.6. The van der Waals surface area contributed by atoms with Crippen LogP contribution in [0.1, 0.15) is 17.2 Å². The normalized spacial score (nSPS) is 12.0. The molecular formula is C18H13Cl2FN4OS. The van der Waals surface area contributed by atoms with Crippen LogP contribution in [0.25, 0.3) is 0 Å². The van der Waals surface area contributed by atoms with E-state index in [1.165, 1.54) is 23.9 Å². The summed E-state index contributed by atoms with van der Waals surface area (Å²) in [5.41, 5.74) is 12.6. The number of aromatic nitrogens is 2. The predicted octanol–water partition coefficient (Wildman–Crippen LogP) is 4.27. The van der Waals surface area contributed by atoms with Gasteiger partial charge < -0.3 is 11.5 Å². The largest absolute Gasteiger partial charge is 0.399 e. The minimum Gasteiger partial charge on any atom is -0.399 e. The van der Waals surface area contributed by atoms with Crippen molar-refractivity contribution in [2.75, 3.05) is 5.73 Å². The summed E-state index contributed by atoms with van der Waals surface area (Å²) in [4.78, 5) is 12.6. The lowest BCUT2D eigenvalue weighted by Crippen LogP contribution is -2.24. The van der Waals surface area contributed by atoms with E-state index in [4.69, 9.17) is 34.7 Å². The van der Waals surface area contributed by atoms with Crippen molar-refractivity contribution in [1.82, 2.24) is 10.2 Å². The molecule has 1 unspecified atom stereocenters. The molecular weight excluding hydrogens is 410 g/mol. The molecule has 27 heavy (non-hydrogen) atoms. The molecule has 1 aromatic heterocycles. The predicted molar refractivity (Wildman–Crippen MR) is 104 cm³/mol. The highest BCUT2D eigenvalue weighted by Crippen LogP contribution is 2.34. The second-order valence-corrected chi connectivity index (χ2v) is 7.47. The van der Waals surface area contributed by atoms with E-state index in [0.29, 0.717) is 31.9 Å².